The number of amides is 1. The summed E-state index contributed by atoms with van der Waals surface area (Å²) < 4.78 is 0. The first-order valence-electron chi connectivity index (χ1n) is 7.20. The Kier molecular flexibility index (Phi) is 7.52. The summed E-state index contributed by atoms with van der Waals surface area (Å²) in [4.78, 5) is 12.3. The number of anilines is 1. The first-order valence-corrected chi connectivity index (χ1v) is 8.59. The van der Waals surface area contributed by atoms with E-state index in [1.54, 1.807) is 0 Å². The molecule has 0 heterocycles. The average molecular weight is 294 g/mol. The summed E-state index contributed by atoms with van der Waals surface area (Å²) in [6.07, 6.45) is 3.13. The molecule has 4 heteroatoms. The van der Waals surface area contributed by atoms with Crippen LogP contribution in [0.5, 0.6) is 0 Å². The Labute approximate surface area is 126 Å². The smallest absolute Gasteiger partial charge is 0.253 e. The molecule has 1 amide bonds. The molecule has 0 aromatic heterocycles. The molecule has 0 radical (unpaired) electrons. The molecule has 1 rings (SSSR count). The van der Waals surface area contributed by atoms with Gasteiger partial charge in [0.15, 0.2) is 0 Å². The maximum absolute atomic E-state index is 12.3. The SMILES string of the molecule is CCCNc1cc(C)ccc1C(=O)NCC(C)CSC. The average Bonchev–Trinajstić information content (AvgIpc) is 2.43. The Morgan fingerprint density at radius 3 is 2.80 bits per heavy atom. The lowest BCUT2D eigenvalue weighted by Crippen LogP contribution is -2.29. The molecule has 0 saturated carbocycles. The van der Waals surface area contributed by atoms with Gasteiger partial charge in [0, 0.05) is 18.8 Å². The fraction of sp³-hybridized carbons (Fsp3) is 0.562. The fourth-order valence-corrected chi connectivity index (χ4v) is 2.65. The lowest BCUT2D eigenvalue weighted by Gasteiger charge is -2.15. The highest BCUT2D eigenvalue weighted by molar-refractivity contribution is 7.98. The molecule has 0 bridgehead atoms. The number of hydrogen-bond donors (Lipinski definition) is 2. The molecular weight excluding hydrogens is 268 g/mol. The predicted octanol–water partition coefficient (Wildman–Crippen LogP) is 3.55. The minimum Gasteiger partial charge on any atom is -0.384 e. The zero-order chi connectivity index (χ0) is 15.0. The minimum absolute atomic E-state index is 0.0107. The van der Waals surface area contributed by atoms with Crippen molar-refractivity contribution in [1.82, 2.24) is 5.32 Å². The van der Waals surface area contributed by atoms with Crippen molar-refractivity contribution in [2.75, 3.05) is 30.4 Å². The summed E-state index contributed by atoms with van der Waals surface area (Å²) in [5.41, 5.74) is 2.83. The van der Waals surface area contributed by atoms with Crippen molar-refractivity contribution in [3.8, 4) is 0 Å². The van der Waals surface area contributed by atoms with Crippen LogP contribution < -0.4 is 10.6 Å². The molecule has 1 aromatic carbocycles. The normalized spacial score (nSPS) is 12.0. The summed E-state index contributed by atoms with van der Waals surface area (Å²) in [6, 6.07) is 5.93. The highest BCUT2D eigenvalue weighted by Crippen LogP contribution is 2.18. The van der Waals surface area contributed by atoms with E-state index >= 15 is 0 Å². The van der Waals surface area contributed by atoms with Gasteiger partial charge < -0.3 is 10.6 Å². The molecule has 1 atom stereocenters. The van der Waals surface area contributed by atoms with Gasteiger partial charge >= 0.3 is 0 Å². The van der Waals surface area contributed by atoms with Gasteiger partial charge in [-0.05, 0) is 49.0 Å². The molecule has 0 aliphatic carbocycles. The second kappa shape index (κ2) is 8.90. The van der Waals surface area contributed by atoms with Gasteiger partial charge in [-0.3, -0.25) is 4.79 Å². The summed E-state index contributed by atoms with van der Waals surface area (Å²) in [5.74, 6) is 1.57. The third-order valence-corrected chi connectivity index (χ3v) is 3.95. The highest BCUT2D eigenvalue weighted by atomic mass is 32.2. The number of aryl methyl sites for hydroxylation is 1. The third-order valence-electron chi connectivity index (χ3n) is 3.05. The number of benzene rings is 1. The van der Waals surface area contributed by atoms with Gasteiger partial charge in [0.1, 0.15) is 0 Å². The van der Waals surface area contributed by atoms with E-state index in [1.165, 1.54) is 0 Å². The van der Waals surface area contributed by atoms with Crippen LogP contribution in [0.2, 0.25) is 0 Å². The number of rotatable bonds is 8. The molecule has 1 unspecified atom stereocenters. The van der Waals surface area contributed by atoms with Crippen LogP contribution in [0.1, 0.15) is 36.2 Å². The second-order valence-corrected chi connectivity index (χ2v) is 6.16. The zero-order valence-electron chi connectivity index (χ0n) is 13.0. The van der Waals surface area contributed by atoms with Gasteiger partial charge in [-0.15, -0.1) is 0 Å². The molecule has 20 heavy (non-hydrogen) atoms. The number of thioether (sulfide) groups is 1. The molecule has 0 spiro atoms. The van der Waals surface area contributed by atoms with Gasteiger partial charge in [-0.25, -0.2) is 0 Å². The third kappa shape index (κ3) is 5.45. The van der Waals surface area contributed by atoms with Crippen LogP contribution in [-0.4, -0.2) is 31.0 Å². The number of carbonyl (C=O) groups is 1. The van der Waals surface area contributed by atoms with E-state index < -0.39 is 0 Å². The van der Waals surface area contributed by atoms with E-state index in [4.69, 9.17) is 0 Å². The van der Waals surface area contributed by atoms with Crippen molar-refractivity contribution in [2.24, 2.45) is 5.92 Å². The van der Waals surface area contributed by atoms with E-state index in [2.05, 4.69) is 30.7 Å². The minimum atomic E-state index is 0.0107. The largest absolute Gasteiger partial charge is 0.384 e. The Morgan fingerprint density at radius 1 is 1.40 bits per heavy atom. The van der Waals surface area contributed by atoms with Crippen molar-refractivity contribution < 1.29 is 4.79 Å². The fourth-order valence-electron chi connectivity index (χ4n) is 1.97. The van der Waals surface area contributed by atoms with E-state index in [9.17, 15) is 4.79 Å². The Hall–Kier alpha value is -1.16. The van der Waals surface area contributed by atoms with Crippen molar-refractivity contribution in [3.05, 3.63) is 29.3 Å². The lowest BCUT2D eigenvalue weighted by atomic mass is 10.1. The van der Waals surface area contributed by atoms with Crippen LogP contribution in [-0.2, 0) is 0 Å². The van der Waals surface area contributed by atoms with Gasteiger partial charge in [-0.1, -0.05) is 19.9 Å². The van der Waals surface area contributed by atoms with Crippen molar-refractivity contribution in [3.63, 3.8) is 0 Å². The quantitative estimate of drug-likeness (QED) is 0.770. The molecular formula is C16H26N2OS. The lowest BCUT2D eigenvalue weighted by molar-refractivity contribution is 0.0950. The maximum Gasteiger partial charge on any atom is 0.253 e. The van der Waals surface area contributed by atoms with Crippen molar-refractivity contribution >= 4 is 23.4 Å². The van der Waals surface area contributed by atoms with Gasteiger partial charge in [-0.2, -0.15) is 11.8 Å². The number of carbonyl (C=O) groups excluding carboxylic acids is 1. The summed E-state index contributed by atoms with van der Waals surface area (Å²) in [6.45, 7) is 7.92. The molecule has 1 aromatic rings. The highest BCUT2D eigenvalue weighted by Gasteiger charge is 2.12. The molecule has 0 fully saturated rings. The summed E-state index contributed by atoms with van der Waals surface area (Å²) in [5, 5.41) is 6.36. The molecule has 3 nitrogen and oxygen atoms in total. The molecule has 112 valence electrons. The molecule has 0 saturated heterocycles. The van der Waals surface area contributed by atoms with Crippen LogP contribution in [0.25, 0.3) is 0 Å². The monoisotopic (exact) mass is 294 g/mol. The maximum atomic E-state index is 12.3. The van der Waals surface area contributed by atoms with E-state index in [1.807, 2.05) is 36.9 Å². The topological polar surface area (TPSA) is 41.1 Å². The van der Waals surface area contributed by atoms with E-state index in [-0.39, 0.29) is 5.91 Å². The van der Waals surface area contributed by atoms with Crippen LogP contribution in [0, 0.1) is 12.8 Å². The van der Waals surface area contributed by atoms with Gasteiger partial charge in [0.2, 0.25) is 0 Å². The first kappa shape index (κ1) is 16.9. The standard InChI is InChI=1S/C16H26N2OS/c1-5-8-17-15-9-12(2)6-7-14(15)16(19)18-10-13(3)11-20-4/h6-7,9,13,17H,5,8,10-11H2,1-4H3,(H,18,19). The van der Waals surface area contributed by atoms with Crippen LogP contribution in [0.15, 0.2) is 18.2 Å². The van der Waals surface area contributed by atoms with Crippen molar-refractivity contribution in [1.29, 1.82) is 0 Å². The van der Waals surface area contributed by atoms with E-state index in [0.29, 0.717) is 5.92 Å². The van der Waals surface area contributed by atoms with E-state index in [0.717, 1.165) is 42.1 Å². The Morgan fingerprint density at radius 2 is 2.15 bits per heavy atom. The Bertz CT molecular complexity index is 434. The number of hydrogen-bond acceptors (Lipinski definition) is 3. The van der Waals surface area contributed by atoms with Gasteiger partial charge in [0.25, 0.3) is 5.91 Å². The molecule has 0 aliphatic heterocycles. The first-order chi connectivity index (χ1) is 9.58. The van der Waals surface area contributed by atoms with Gasteiger partial charge in [0.05, 0.1) is 5.56 Å². The van der Waals surface area contributed by atoms with Crippen LogP contribution in [0.4, 0.5) is 5.69 Å². The Balaban J connectivity index is 2.71. The molecule has 0 aliphatic rings. The summed E-state index contributed by atoms with van der Waals surface area (Å²) in [7, 11) is 0. The summed E-state index contributed by atoms with van der Waals surface area (Å²) >= 11 is 1.81. The van der Waals surface area contributed by atoms with Crippen molar-refractivity contribution in [2.45, 2.75) is 27.2 Å². The zero-order valence-corrected chi connectivity index (χ0v) is 13.8. The van der Waals surface area contributed by atoms with Crippen LogP contribution in [0.3, 0.4) is 0 Å². The van der Waals surface area contributed by atoms with Crippen LogP contribution >= 0.6 is 11.8 Å². The number of nitrogens with one attached hydrogen (secondary N) is 2. The predicted molar refractivity (Wildman–Crippen MR) is 89.8 cm³/mol. The molecule has 2 N–H and O–H groups in total. The second-order valence-electron chi connectivity index (χ2n) is 5.25.